The Morgan fingerprint density at radius 2 is 1.61 bits per heavy atom. The Morgan fingerprint density at radius 1 is 1.00 bits per heavy atom. The van der Waals surface area contributed by atoms with Gasteiger partial charge in [-0.25, -0.2) is 4.79 Å². The second-order valence-corrected chi connectivity index (χ2v) is 7.46. The third kappa shape index (κ3) is 8.55. The van der Waals surface area contributed by atoms with Gasteiger partial charge in [0.25, 0.3) is 0 Å². The number of nitrogens with one attached hydrogen (secondary N) is 2. The van der Waals surface area contributed by atoms with Crippen LogP contribution < -0.4 is 10.6 Å². The molecule has 2 atom stereocenters. The molecule has 28 heavy (non-hydrogen) atoms. The highest BCUT2D eigenvalue weighted by atomic mass is 16.5. The van der Waals surface area contributed by atoms with E-state index in [9.17, 15) is 9.90 Å². The van der Waals surface area contributed by atoms with Gasteiger partial charge in [0.1, 0.15) is 6.61 Å². The normalized spacial score (nSPS) is 13.1. The number of amides is 1. The lowest BCUT2D eigenvalue weighted by Crippen LogP contribution is -2.49. The first-order valence-electron chi connectivity index (χ1n) is 9.94. The van der Waals surface area contributed by atoms with Gasteiger partial charge in [0, 0.05) is 6.54 Å². The van der Waals surface area contributed by atoms with Crippen molar-refractivity contribution in [3.05, 3.63) is 71.8 Å². The van der Waals surface area contributed by atoms with Crippen LogP contribution in [-0.2, 0) is 17.8 Å². The van der Waals surface area contributed by atoms with Gasteiger partial charge < -0.3 is 20.5 Å². The molecule has 0 aromatic heterocycles. The zero-order valence-electron chi connectivity index (χ0n) is 16.8. The smallest absolute Gasteiger partial charge is 0.407 e. The summed E-state index contributed by atoms with van der Waals surface area (Å²) in [4.78, 5) is 12.3. The third-order valence-electron chi connectivity index (χ3n) is 4.53. The SMILES string of the molecule is CC(C)CCNCC(O)C(Cc1ccccc1)NC(=O)OCc1ccccc1. The second-order valence-electron chi connectivity index (χ2n) is 7.46. The molecule has 2 aromatic rings. The standard InChI is InChI=1S/C23H32N2O3/c1-18(2)13-14-24-16-22(26)21(15-19-9-5-3-6-10-19)25-23(27)28-17-20-11-7-4-8-12-20/h3-12,18,21-22,24,26H,13-17H2,1-2H3,(H,25,27). The minimum atomic E-state index is -0.711. The van der Waals surface area contributed by atoms with Crippen molar-refractivity contribution in [1.29, 1.82) is 0 Å². The highest BCUT2D eigenvalue weighted by Gasteiger charge is 2.22. The van der Waals surface area contributed by atoms with Crippen LogP contribution in [0.4, 0.5) is 4.79 Å². The van der Waals surface area contributed by atoms with E-state index in [4.69, 9.17) is 4.74 Å². The second kappa shape index (κ2) is 12.2. The van der Waals surface area contributed by atoms with Gasteiger partial charge in [-0.15, -0.1) is 0 Å². The lowest BCUT2D eigenvalue weighted by molar-refractivity contribution is 0.100. The molecule has 0 aliphatic heterocycles. The topological polar surface area (TPSA) is 70.6 Å². The molecule has 2 unspecified atom stereocenters. The van der Waals surface area contributed by atoms with E-state index in [2.05, 4.69) is 24.5 Å². The van der Waals surface area contributed by atoms with Gasteiger partial charge in [-0.1, -0.05) is 74.5 Å². The molecule has 0 saturated carbocycles. The van der Waals surface area contributed by atoms with Gasteiger partial charge in [0.05, 0.1) is 12.1 Å². The maximum atomic E-state index is 12.3. The van der Waals surface area contributed by atoms with E-state index in [0.29, 0.717) is 18.9 Å². The molecule has 5 heteroatoms. The minimum Gasteiger partial charge on any atom is -0.445 e. The summed E-state index contributed by atoms with van der Waals surface area (Å²) in [7, 11) is 0. The number of hydrogen-bond donors (Lipinski definition) is 3. The number of aliphatic hydroxyl groups excluding tert-OH is 1. The van der Waals surface area contributed by atoms with Gasteiger partial charge in [-0.2, -0.15) is 0 Å². The molecule has 0 heterocycles. The summed E-state index contributed by atoms with van der Waals surface area (Å²) in [6.45, 7) is 5.79. The number of ether oxygens (including phenoxy) is 1. The fraction of sp³-hybridized carbons (Fsp3) is 0.435. The van der Waals surface area contributed by atoms with Crippen molar-refractivity contribution < 1.29 is 14.6 Å². The van der Waals surface area contributed by atoms with Crippen molar-refractivity contribution in [3.8, 4) is 0 Å². The van der Waals surface area contributed by atoms with Crippen LogP contribution in [0.25, 0.3) is 0 Å². The van der Waals surface area contributed by atoms with E-state index in [0.717, 1.165) is 24.1 Å². The van der Waals surface area contributed by atoms with Gasteiger partial charge in [-0.05, 0) is 36.4 Å². The Labute approximate surface area is 168 Å². The van der Waals surface area contributed by atoms with Crippen molar-refractivity contribution in [2.45, 2.75) is 45.4 Å². The van der Waals surface area contributed by atoms with Crippen molar-refractivity contribution >= 4 is 6.09 Å². The third-order valence-corrected chi connectivity index (χ3v) is 4.53. The van der Waals surface area contributed by atoms with Gasteiger partial charge in [-0.3, -0.25) is 0 Å². The van der Waals surface area contributed by atoms with Crippen molar-refractivity contribution in [2.24, 2.45) is 5.92 Å². The summed E-state index contributed by atoms with van der Waals surface area (Å²) < 4.78 is 5.32. The van der Waals surface area contributed by atoms with Gasteiger partial charge >= 0.3 is 6.09 Å². The largest absolute Gasteiger partial charge is 0.445 e. The average molecular weight is 385 g/mol. The Balaban J connectivity index is 1.89. The first kappa shape index (κ1) is 21.9. The predicted molar refractivity (Wildman–Crippen MR) is 112 cm³/mol. The van der Waals surface area contributed by atoms with Gasteiger partial charge in [0.2, 0.25) is 0 Å². The van der Waals surface area contributed by atoms with E-state index in [1.165, 1.54) is 0 Å². The van der Waals surface area contributed by atoms with Crippen LogP contribution >= 0.6 is 0 Å². The lowest BCUT2D eigenvalue weighted by Gasteiger charge is -2.24. The fourth-order valence-electron chi connectivity index (χ4n) is 2.85. The van der Waals surface area contributed by atoms with E-state index in [1.54, 1.807) is 0 Å². The van der Waals surface area contributed by atoms with E-state index in [1.807, 2.05) is 60.7 Å². The van der Waals surface area contributed by atoms with Gasteiger partial charge in [0.15, 0.2) is 0 Å². The van der Waals surface area contributed by atoms with Crippen molar-refractivity contribution in [2.75, 3.05) is 13.1 Å². The van der Waals surface area contributed by atoms with Crippen LogP contribution in [0.1, 0.15) is 31.4 Å². The maximum Gasteiger partial charge on any atom is 0.407 e. The molecule has 0 spiro atoms. The molecule has 2 aromatic carbocycles. The molecule has 2 rings (SSSR count). The first-order chi connectivity index (χ1) is 13.5. The minimum absolute atomic E-state index is 0.202. The maximum absolute atomic E-state index is 12.3. The molecule has 0 aliphatic rings. The molecular weight excluding hydrogens is 352 g/mol. The number of hydrogen-bond acceptors (Lipinski definition) is 4. The number of alkyl carbamates (subject to hydrolysis) is 1. The zero-order valence-corrected chi connectivity index (χ0v) is 16.8. The molecule has 0 saturated heterocycles. The Morgan fingerprint density at radius 3 is 2.21 bits per heavy atom. The summed E-state index contributed by atoms with van der Waals surface area (Å²) in [5.41, 5.74) is 1.98. The Kier molecular flexibility index (Phi) is 9.52. The fourth-order valence-corrected chi connectivity index (χ4v) is 2.85. The number of aliphatic hydroxyl groups is 1. The highest BCUT2D eigenvalue weighted by molar-refractivity contribution is 5.67. The van der Waals surface area contributed by atoms with Crippen LogP contribution in [-0.4, -0.2) is 36.4 Å². The Bertz CT molecular complexity index is 677. The zero-order chi connectivity index (χ0) is 20.2. The first-order valence-corrected chi connectivity index (χ1v) is 9.94. The van der Waals surface area contributed by atoms with Crippen LogP contribution in [0.2, 0.25) is 0 Å². The summed E-state index contributed by atoms with van der Waals surface area (Å²) in [5.74, 6) is 0.607. The number of carbonyl (C=O) groups is 1. The molecule has 1 amide bonds. The lowest BCUT2D eigenvalue weighted by atomic mass is 10.0. The summed E-state index contributed by atoms with van der Waals surface area (Å²) >= 11 is 0. The number of rotatable bonds is 11. The van der Waals surface area contributed by atoms with Crippen LogP contribution in [0.5, 0.6) is 0 Å². The van der Waals surface area contributed by atoms with E-state index >= 15 is 0 Å². The van der Waals surface area contributed by atoms with E-state index in [-0.39, 0.29) is 6.61 Å². The van der Waals surface area contributed by atoms with Crippen LogP contribution in [0, 0.1) is 5.92 Å². The number of carbonyl (C=O) groups excluding carboxylic acids is 1. The molecular formula is C23H32N2O3. The summed E-state index contributed by atoms with van der Waals surface area (Å²) in [6.07, 6.45) is 0.347. The Hall–Kier alpha value is -2.37. The van der Waals surface area contributed by atoms with Crippen molar-refractivity contribution in [1.82, 2.24) is 10.6 Å². The summed E-state index contributed by atoms with van der Waals surface area (Å²) in [5, 5.41) is 16.7. The molecule has 5 nitrogen and oxygen atoms in total. The monoisotopic (exact) mass is 384 g/mol. The molecule has 0 radical (unpaired) electrons. The summed E-state index contributed by atoms with van der Waals surface area (Å²) in [6, 6.07) is 18.9. The molecule has 0 aliphatic carbocycles. The predicted octanol–water partition coefficient (Wildman–Crippen LogP) is 3.52. The molecule has 0 bridgehead atoms. The highest BCUT2D eigenvalue weighted by Crippen LogP contribution is 2.08. The average Bonchev–Trinajstić information content (AvgIpc) is 2.70. The molecule has 152 valence electrons. The van der Waals surface area contributed by atoms with Crippen LogP contribution in [0.3, 0.4) is 0 Å². The molecule has 3 N–H and O–H groups in total. The quantitative estimate of drug-likeness (QED) is 0.519. The molecule has 0 fully saturated rings. The van der Waals surface area contributed by atoms with Crippen LogP contribution in [0.15, 0.2) is 60.7 Å². The van der Waals surface area contributed by atoms with E-state index < -0.39 is 18.2 Å². The number of benzene rings is 2. The van der Waals surface area contributed by atoms with Crippen molar-refractivity contribution in [3.63, 3.8) is 0 Å².